The third kappa shape index (κ3) is 12.9. The Balaban J connectivity index is 1.85. The van der Waals surface area contributed by atoms with E-state index in [9.17, 15) is 4.79 Å². The molecule has 1 rings (SSSR count). The van der Waals surface area contributed by atoms with Crippen LogP contribution in [0.5, 0.6) is 0 Å². The maximum Gasteiger partial charge on any atom is 0.310 e. The molecule has 0 heterocycles. The van der Waals surface area contributed by atoms with Crippen molar-refractivity contribution >= 4 is 17.6 Å². The van der Waals surface area contributed by atoms with Crippen LogP contribution in [0, 0.1) is 0 Å². The fourth-order valence-electron chi connectivity index (χ4n) is 2.95. The first-order chi connectivity index (χ1) is 12.2. The van der Waals surface area contributed by atoms with Gasteiger partial charge in [0.15, 0.2) is 0 Å². The number of carbonyl (C=O) groups excluding carboxylic acids is 1. The van der Waals surface area contributed by atoms with Crippen LogP contribution in [0.25, 0.3) is 0 Å². The molecule has 0 aliphatic rings. The van der Waals surface area contributed by atoms with Crippen molar-refractivity contribution in [1.29, 1.82) is 0 Å². The van der Waals surface area contributed by atoms with Crippen molar-refractivity contribution in [2.45, 2.75) is 90.4 Å². The standard InChI is InChI=1S/C22H35ClO2/c1-2-3-4-5-6-7-8-9-10-11-12-13-18-25-22(24)19-20-14-16-21(23)17-15-20/h14-17H,2-13,18-19H2,1H3. The SMILES string of the molecule is CCCCCCCCCCCCCCOC(=O)Cc1ccc(Cl)cc1. The van der Waals surface area contributed by atoms with Gasteiger partial charge in [-0.05, 0) is 24.1 Å². The van der Waals surface area contributed by atoms with Gasteiger partial charge in [0.1, 0.15) is 0 Å². The molecule has 0 atom stereocenters. The van der Waals surface area contributed by atoms with E-state index in [1.165, 1.54) is 64.2 Å². The molecule has 0 aliphatic heterocycles. The molecule has 0 saturated heterocycles. The normalized spacial score (nSPS) is 10.8. The molecule has 0 amide bonds. The summed E-state index contributed by atoms with van der Waals surface area (Å²) in [5.74, 6) is -0.148. The minimum atomic E-state index is -0.148. The Morgan fingerprint density at radius 2 is 1.28 bits per heavy atom. The van der Waals surface area contributed by atoms with Gasteiger partial charge in [0.2, 0.25) is 0 Å². The highest BCUT2D eigenvalue weighted by Gasteiger charge is 2.04. The molecular weight excluding hydrogens is 332 g/mol. The van der Waals surface area contributed by atoms with Gasteiger partial charge in [-0.25, -0.2) is 0 Å². The summed E-state index contributed by atoms with van der Waals surface area (Å²) in [6.07, 6.45) is 16.1. The number of unbranched alkanes of at least 4 members (excludes halogenated alkanes) is 11. The molecule has 0 unspecified atom stereocenters. The van der Waals surface area contributed by atoms with E-state index in [2.05, 4.69) is 6.92 Å². The summed E-state index contributed by atoms with van der Waals surface area (Å²) in [4.78, 5) is 11.7. The van der Waals surface area contributed by atoms with Crippen LogP contribution in [0.4, 0.5) is 0 Å². The minimum absolute atomic E-state index is 0.148. The Labute approximate surface area is 159 Å². The van der Waals surface area contributed by atoms with E-state index in [1.54, 1.807) is 12.1 Å². The molecule has 0 fully saturated rings. The maximum atomic E-state index is 11.7. The molecule has 0 bridgehead atoms. The number of hydrogen-bond acceptors (Lipinski definition) is 2. The van der Waals surface area contributed by atoms with Gasteiger partial charge in [-0.15, -0.1) is 0 Å². The van der Waals surface area contributed by atoms with Crippen LogP contribution >= 0.6 is 11.6 Å². The maximum absolute atomic E-state index is 11.7. The molecule has 0 saturated carbocycles. The van der Waals surface area contributed by atoms with Crippen LogP contribution in [0.3, 0.4) is 0 Å². The van der Waals surface area contributed by atoms with Crippen LogP contribution in [0.1, 0.15) is 89.5 Å². The summed E-state index contributed by atoms with van der Waals surface area (Å²) in [7, 11) is 0. The lowest BCUT2D eigenvalue weighted by Gasteiger charge is -2.05. The van der Waals surface area contributed by atoms with Gasteiger partial charge < -0.3 is 4.74 Å². The van der Waals surface area contributed by atoms with E-state index < -0.39 is 0 Å². The van der Waals surface area contributed by atoms with Gasteiger partial charge in [0.25, 0.3) is 0 Å². The molecule has 142 valence electrons. The molecule has 0 N–H and O–H groups in total. The van der Waals surface area contributed by atoms with E-state index in [-0.39, 0.29) is 5.97 Å². The Hall–Kier alpha value is -1.02. The summed E-state index contributed by atoms with van der Waals surface area (Å²) in [6.45, 7) is 2.81. The summed E-state index contributed by atoms with van der Waals surface area (Å²) >= 11 is 5.83. The predicted octanol–water partition coefficient (Wildman–Crippen LogP) is 7.13. The summed E-state index contributed by atoms with van der Waals surface area (Å²) in [5, 5.41) is 0.689. The van der Waals surface area contributed by atoms with Gasteiger partial charge in [0.05, 0.1) is 13.0 Å². The predicted molar refractivity (Wildman–Crippen MR) is 107 cm³/mol. The third-order valence-electron chi connectivity index (χ3n) is 4.52. The van der Waals surface area contributed by atoms with Crippen LogP contribution < -0.4 is 0 Å². The van der Waals surface area contributed by atoms with Crippen molar-refractivity contribution < 1.29 is 9.53 Å². The van der Waals surface area contributed by atoms with Gasteiger partial charge >= 0.3 is 5.97 Å². The van der Waals surface area contributed by atoms with E-state index in [0.29, 0.717) is 18.1 Å². The zero-order valence-corrected chi connectivity index (χ0v) is 16.7. The Morgan fingerprint density at radius 1 is 0.800 bits per heavy atom. The molecule has 1 aromatic carbocycles. The number of rotatable bonds is 15. The first-order valence-electron chi connectivity index (χ1n) is 10.1. The topological polar surface area (TPSA) is 26.3 Å². The summed E-state index contributed by atoms with van der Waals surface area (Å²) in [5.41, 5.74) is 0.948. The Bertz CT molecular complexity index is 442. The smallest absolute Gasteiger partial charge is 0.310 e. The van der Waals surface area contributed by atoms with E-state index in [1.807, 2.05) is 12.1 Å². The second-order valence-electron chi connectivity index (χ2n) is 6.91. The molecule has 0 radical (unpaired) electrons. The van der Waals surface area contributed by atoms with Gasteiger partial charge in [-0.3, -0.25) is 4.79 Å². The van der Waals surface area contributed by atoms with Crippen molar-refractivity contribution in [2.24, 2.45) is 0 Å². The summed E-state index contributed by atoms with van der Waals surface area (Å²) < 4.78 is 5.30. The van der Waals surface area contributed by atoms with Crippen LogP contribution in [0.2, 0.25) is 5.02 Å². The van der Waals surface area contributed by atoms with Gasteiger partial charge in [-0.1, -0.05) is 101 Å². The minimum Gasteiger partial charge on any atom is -0.465 e. The Morgan fingerprint density at radius 3 is 1.80 bits per heavy atom. The van der Waals surface area contributed by atoms with Crippen LogP contribution in [0.15, 0.2) is 24.3 Å². The number of hydrogen-bond donors (Lipinski definition) is 0. The highest BCUT2D eigenvalue weighted by atomic mass is 35.5. The van der Waals surface area contributed by atoms with E-state index >= 15 is 0 Å². The molecule has 0 spiro atoms. The number of ether oxygens (including phenoxy) is 1. The fourth-order valence-corrected chi connectivity index (χ4v) is 3.07. The second-order valence-corrected chi connectivity index (χ2v) is 7.35. The third-order valence-corrected chi connectivity index (χ3v) is 4.77. The van der Waals surface area contributed by atoms with E-state index in [0.717, 1.165) is 18.4 Å². The monoisotopic (exact) mass is 366 g/mol. The van der Waals surface area contributed by atoms with E-state index in [4.69, 9.17) is 16.3 Å². The molecule has 25 heavy (non-hydrogen) atoms. The first kappa shape index (κ1) is 22.0. The van der Waals surface area contributed by atoms with Crippen molar-refractivity contribution in [2.75, 3.05) is 6.61 Å². The highest BCUT2D eigenvalue weighted by molar-refractivity contribution is 6.30. The largest absolute Gasteiger partial charge is 0.465 e. The van der Waals surface area contributed by atoms with Crippen molar-refractivity contribution in [1.82, 2.24) is 0 Å². The second kappa shape index (κ2) is 15.3. The molecule has 2 nitrogen and oxygen atoms in total. The summed E-state index contributed by atoms with van der Waals surface area (Å²) in [6, 6.07) is 7.34. The first-order valence-corrected chi connectivity index (χ1v) is 10.5. The average Bonchev–Trinajstić information content (AvgIpc) is 2.61. The van der Waals surface area contributed by atoms with Crippen LogP contribution in [-0.2, 0) is 16.0 Å². The molecular formula is C22H35ClO2. The average molecular weight is 367 g/mol. The fraction of sp³-hybridized carbons (Fsp3) is 0.682. The van der Waals surface area contributed by atoms with Gasteiger partial charge in [-0.2, -0.15) is 0 Å². The number of esters is 1. The lowest BCUT2D eigenvalue weighted by atomic mass is 10.1. The zero-order chi connectivity index (χ0) is 18.2. The van der Waals surface area contributed by atoms with Crippen molar-refractivity contribution in [3.05, 3.63) is 34.9 Å². The molecule has 3 heteroatoms. The van der Waals surface area contributed by atoms with Crippen molar-refractivity contribution in [3.63, 3.8) is 0 Å². The number of halogens is 1. The highest BCUT2D eigenvalue weighted by Crippen LogP contribution is 2.12. The lowest BCUT2D eigenvalue weighted by molar-refractivity contribution is -0.142. The zero-order valence-electron chi connectivity index (χ0n) is 15.9. The van der Waals surface area contributed by atoms with Crippen molar-refractivity contribution in [3.8, 4) is 0 Å². The lowest BCUT2D eigenvalue weighted by Crippen LogP contribution is -2.09. The Kier molecular flexibility index (Phi) is 13.4. The number of carbonyl (C=O) groups is 1. The molecule has 0 aromatic heterocycles. The molecule has 1 aromatic rings. The number of benzene rings is 1. The van der Waals surface area contributed by atoms with Gasteiger partial charge in [0, 0.05) is 5.02 Å². The van der Waals surface area contributed by atoms with Crippen LogP contribution in [-0.4, -0.2) is 12.6 Å². The quantitative estimate of drug-likeness (QED) is 0.244. The molecule has 0 aliphatic carbocycles.